The third kappa shape index (κ3) is 4.81. The Bertz CT molecular complexity index is 575. The van der Waals surface area contributed by atoms with Crippen LogP contribution in [0.15, 0.2) is 24.3 Å². The second kappa shape index (κ2) is 7.16. The lowest BCUT2D eigenvalue weighted by Crippen LogP contribution is -2.41. The predicted octanol–water partition coefficient (Wildman–Crippen LogP) is 3.98. The van der Waals surface area contributed by atoms with Crippen LogP contribution in [-0.4, -0.2) is 17.9 Å². The summed E-state index contributed by atoms with van der Waals surface area (Å²) in [5.41, 5.74) is 0.791. The number of carbonyl (C=O) groups is 2. The van der Waals surface area contributed by atoms with E-state index in [4.69, 9.17) is 0 Å². The summed E-state index contributed by atoms with van der Waals surface area (Å²) < 4.78 is 0. The third-order valence-electron chi connectivity index (χ3n) is 4.49. The Morgan fingerprint density at radius 1 is 1.13 bits per heavy atom. The number of nitrogens with one attached hydrogen (secondary N) is 2. The highest BCUT2D eigenvalue weighted by molar-refractivity contribution is 5.98. The minimum atomic E-state index is -0.463. The highest BCUT2D eigenvalue weighted by Crippen LogP contribution is 2.24. The third-order valence-corrected chi connectivity index (χ3v) is 4.49. The molecule has 23 heavy (non-hydrogen) atoms. The number of carbonyl (C=O) groups excluding carboxylic acids is 2. The van der Waals surface area contributed by atoms with Gasteiger partial charge in [0.05, 0.1) is 0 Å². The molecule has 0 aliphatic heterocycles. The maximum Gasteiger partial charge on any atom is 0.251 e. The average molecular weight is 316 g/mol. The van der Waals surface area contributed by atoms with Crippen molar-refractivity contribution in [3.05, 3.63) is 29.8 Å². The number of amides is 2. The molecule has 1 fully saturated rings. The number of benzene rings is 1. The Kier molecular flexibility index (Phi) is 5.45. The van der Waals surface area contributed by atoms with Gasteiger partial charge in [0, 0.05) is 22.7 Å². The molecule has 0 bridgehead atoms. The van der Waals surface area contributed by atoms with Crippen LogP contribution < -0.4 is 10.6 Å². The molecule has 2 rings (SSSR count). The molecule has 4 nitrogen and oxygen atoms in total. The van der Waals surface area contributed by atoms with Crippen molar-refractivity contribution in [3.8, 4) is 0 Å². The standard InChI is InChI=1S/C19H28N2O2/c1-13-8-5-6-11-16(13)21-17(22)14-9-7-10-15(12-14)20-18(23)19(2,3)4/h7,9-10,12-13,16H,5-6,8,11H2,1-4H3,(H,20,23)(H,21,22). The predicted molar refractivity (Wildman–Crippen MR) is 93.4 cm³/mol. The first-order valence-electron chi connectivity index (χ1n) is 8.50. The van der Waals surface area contributed by atoms with Gasteiger partial charge < -0.3 is 10.6 Å². The Labute approximate surface area is 139 Å². The molecule has 1 saturated carbocycles. The monoisotopic (exact) mass is 316 g/mol. The minimum Gasteiger partial charge on any atom is -0.349 e. The van der Waals surface area contributed by atoms with Crippen LogP contribution in [0.4, 0.5) is 5.69 Å². The van der Waals surface area contributed by atoms with Crippen molar-refractivity contribution >= 4 is 17.5 Å². The molecule has 0 heterocycles. The summed E-state index contributed by atoms with van der Waals surface area (Å²) in [7, 11) is 0. The van der Waals surface area contributed by atoms with Crippen LogP contribution in [-0.2, 0) is 4.79 Å². The van der Waals surface area contributed by atoms with Gasteiger partial charge in [-0.3, -0.25) is 9.59 Å². The van der Waals surface area contributed by atoms with Gasteiger partial charge >= 0.3 is 0 Å². The normalized spacial score (nSPS) is 21.6. The van der Waals surface area contributed by atoms with Gasteiger partial charge in [-0.1, -0.05) is 46.6 Å². The van der Waals surface area contributed by atoms with Gasteiger partial charge in [-0.25, -0.2) is 0 Å². The van der Waals surface area contributed by atoms with E-state index in [9.17, 15) is 9.59 Å². The quantitative estimate of drug-likeness (QED) is 0.886. The van der Waals surface area contributed by atoms with Crippen molar-refractivity contribution in [2.75, 3.05) is 5.32 Å². The van der Waals surface area contributed by atoms with Gasteiger partial charge in [0.25, 0.3) is 5.91 Å². The van der Waals surface area contributed by atoms with Crippen LogP contribution in [0, 0.1) is 11.3 Å². The van der Waals surface area contributed by atoms with Gasteiger partial charge in [0.2, 0.25) is 5.91 Å². The summed E-state index contributed by atoms with van der Waals surface area (Å²) in [4.78, 5) is 24.5. The largest absolute Gasteiger partial charge is 0.349 e. The molecule has 1 aromatic rings. The lowest BCUT2D eigenvalue weighted by molar-refractivity contribution is -0.123. The Morgan fingerprint density at radius 2 is 1.83 bits per heavy atom. The second-order valence-electron chi connectivity index (χ2n) is 7.63. The van der Waals surface area contributed by atoms with Gasteiger partial charge in [-0.05, 0) is 37.0 Å². The highest BCUT2D eigenvalue weighted by Gasteiger charge is 2.24. The molecule has 126 valence electrons. The summed E-state index contributed by atoms with van der Waals surface area (Å²) in [6.45, 7) is 7.79. The molecule has 2 atom stereocenters. The van der Waals surface area contributed by atoms with E-state index in [1.165, 1.54) is 19.3 Å². The maximum absolute atomic E-state index is 12.5. The second-order valence-corrected chi connectivity index (χ2v) is 7.63. The van der Waals surface area contributed by atoms with Crippen molar-refractivity contribution in [3.63, 3.8) is 0 Å². The fourth-order valence-corrected chi connectivity index (χ4v) is 2.84. The van der Waals surface area contributed by atoms with Crippen LogP contribution >= 0.6 is 0 Å². The molecule has 4 heteroatoms. The summed E-state index contributed by atoms with van der Waals surface area (Å²) in [6, 6.07) is 7.40. The molecule has 0 aromatic heterocycles. The topological polar surface area (TPSA) is 58.2 Å². The maximum atomic E-state index is 12.5. The van der Waals surface area contributed by atoms with Crippen molar-refractivity contribution in [1.29, 1.82) is 0 Å². The van der Waals surface area contributed by atoms with E-state index >= 15 is 0 Å². The zero-order valence-corrected chi connectivity index (χ0v) is 14.6. The van der Waals surface area contributed by atoms with E-state index in [2.05, 4.69) is 17.6 Å². The van der Waals surface area contributed by atoms with Crippen LogP contribution in [0.1, 0.15) is 63.7 Å². The number of rotatable bonds is 3. The Morgan fingerprint density at radius 3 is 2.48 bits per heavy atom. The average Bonchev–Trinajstić information content (AvgIpc) is 2.49. The summed E-state index contributed by atoms with van der Waals surface area (Å²) >= 11 is 0. The van der Waals surface area contributed by atoms with Crippen LogP contribution in [0.3, 0.4) is 0 Å². The van der Waals surface area contributed by atoms with Gasteiger partial charge in [-0.15, -0.1) is 0 Å². The molecule has 0 saturated heterocycles. The number of hydrogen-bond donors (Lipinski definition) is 2. The van der Waals surface area contributed by atoms with Crippen molar-refractivity contribution in [2.45, 2.75) is 59.4 Å². The van der Waals surface area contributed by atoms with E-state index in [1.807, 2.05) is 26.8 Å². The fourth-order valence-electron chi connectivity index (χ4n) is 2.84. The Hall–Kier alpha value is -1.84. The van der Waals surface area contributed by atoms with E-state index < -0.39 is 5.41 Å². The summed E-state index contributed by atoms with van der Waals surface area (Å²) in [5.74, 6) is 0.406. The van der Waals surface area contributed by atoms with Crippen LogP contribution in [0.5, 0.6) is 0 Å². The molecule has 1 aromatic carbocycles. The molecule has 1 aliphatic rings. The lowest BCUT2D eigenvalue weighted by atomic mass is 9.86. The molecule has 2 amide bonds. The first-order valence-corrected chi connectivity index (χ1v) is 8.50. The van der Waals surface area contributed by atoms with Crippen LogP contribution in [0.2, 0.25) is 0 Å². The fraction of sp³-hybridized carbons (Fsp3) is 0.579. The van der Waals surface area contributed by atoms with Gasteiger partial charge in [0.15, 0.2) is 0 Å². The molecular formula is C19H28N2O2. The molecule has 0 radical (unpaired) electrons. The van der Waals surface area contributed by atoms with E-state index in [-0.39, 0.29) is 17.9 Å². The van der Waals surface area contributed by atoms with Crippen molar-refractivity contribution in [1.82, 2.24) is 5.32 Å². The Balaban J connectivity index is 2.04. The summed E-state index contributed by atoms with van der Waals surface area (Å²) in [5, 5.41) is 6.01. The van der Waals surface area contributed by atoms with Gasteiger partial charge in [-0.2, -0.15) is 0 Å². The zero-order valence-electron chi connectivity index (χ0n) is 14.6. The highest BCUT2D eigenvalue weighted by atomic mass is 16.2. The number of anilines is 1. The van der Waals surface area contributed by atoms with E-state index in [1.54, 1.807) is 18.2 Å². The zero-order chi connectivity index (χ0) is 17.0. The molecule has 2 unspecified atom stereocenters. The van der Waals surface area contributed by atoms with Crippen molar-refractivity contribution in [2.24, 2.45) is 11.3 Å². The molecule has 1 aliphatic carbocycles. The molecular weight excluding hydrogens is 288 g/mol. The van der Waals surface area contributed by atoms with Gasteiger partial charge in [0.1, 0.15) is 0 Å². The first kappa shape index (κ1) is 17.5. The van der Waals surface area contributed by atoms with E-state index in [0.29, 0.717) is 17.2 Å². The van der Waals surface area contributed by atoms with E-state index in [0.717, 1.165) is 6.42 Å². The molecule has 0 spiro atoms. The minimum absolute atomic E-state index is 0.0593. The number of hydrogen-bond acceptors (Lipinski definition) is 2. The molecule has 2 N–H and O–H groups in total. The SMILES string of the molecule is CC1CCCCC1NC(=O)c1cccc(NC(=O)C(C)(C)C)c1. The lowest BCUT2D eigenvalue weighted by Gasteiger charge is -2.29. The first-order chi connectivity index (χ1) is 10.8. The summed E-state index contributed by atoms with van der Waals surface area (Å²) in [6.07, 6.45) is 4.65. The van der Waals surface area contributed by atoms with Crippen molar-refractivity contribution < 1.29 is 9.59 Å². The smallest absolute Gasteiger partial charge is 0.251 e. The van der Waals surface area contributed by atoms with Crippen LogP contribution in [0.25, 0.3) is 0 Å².